The summed E-state index contributed by atoms with van der Waals surface area (Å²) < 4.78 is 6.04. The van der Waals surface area contributed by atoms with E-state index >= 15 is 0 Å². The molecule has 0 bridgehead atoms. The molecule has 0 saturated heterocycles. The van der Waals surface area contributed by atoms with Crippen LogP contribution in [-0.2, 0) is 11.2 Å². The lowest BCUT2D eigenvalue weighted by Crippen LogP contribution is -2.20. The number of hydrogen-bond donors (Lipinski definition) is 1. The Kier molecular flexibility index (Phi) is 3.97. The molecule has 0 radical (unpaired) electrons. The van der Waals surface area contributed by atoms with Crippen molar-refractivity contribution in [3.05, 3.63) is 33.8 Å². The van der Waals surface area contributed by atoms with Crippen LogP contribution in [0.25, 0.3) is 0 Å². The summed E-state index contributed by atoms with van der Waals surface area (Å²) in [6.07, 6.45) is 0.204. The second kappa shape index (κ2) is 5.29. The number of carbonyl (C=O) groups is 1. The van der Waals surface area contributed by atoms with Crippen molar-refractivity contribution in [2.45, 2.75) is 26.1 Å². The van der Waals surface area contributed by atoms with Gasteiger partial charge in [0.05, 0.1) is 0 Å². The molecule has 1 aromatic carbocycles. The van der Waals surface area contributed by atoms with E-state index in [1.165, 1.54) is 0 Å². The molecule has 2 unspecified atom stereocenters. The van der Waals surface area contributed by atoms with Gasteiger partial charge in [-0.05, 0) is 25.0 Å². The molecule has 1 aliphatic carbocycles. The number of ether oxygens (including phenoxy) is 1. The van der Waals surface area contributed by atoms with Crippen LogP contribution in [0.3, 0.4) is 0 Å². The second-order valence-electron chi connectivity index (χ2n) is 4.18. The van der Waals surface area contributed by atoms with E-state index in [2.05, 4.69) is 15.9 Å². The standard InChI is InChI=1S/C13H15BrO3/c1-2-17-12(15)7-8-6-10-9(13(8)16)4-3-5-11(10)14/h3-5,8,12,15H,2,6-7H2,1H3. The minimum absolute atomic E-state index is 0.111. The minimum atomic E-state index is -0.845. The number of rotatable bonds is 4. The number of hydrogen-bond acceptors (Lipinski definition) is 3. The number of carbonyl (C=O) groups excluding carboxylic acids is 1. The Hall–Kier alpha value is -0.710. The van der Waals surface area contributed by atoms with Crippen molar-refractivity contribution in [1.29, 1.82) is 0 Å². The predicted octanol–water partition coefficient (Wildman–Crippen LogP) is 2.55. The number of ketones is 1. The summed E-state index contributed by atoms with van der Waals surface area (Å²) in [6.45, 7) is 2.28. The van der Waals surface area contributed by atoms with Gasteiger partial charge >= 0.3 is 0 Å². The van der Waals surface area contributed by atoms with E-state index in [0.29, 0.717) is 19.4 Å². The Morgan fingerprint density at radius 1 is 1.59 bits per heavy atom. The molecule has 1 aromatic rings. The van der Waals surface area contributed by atoms with Crippen LogP contribution in [0.15, 0.2) is 22.7 Å². The number of Topliss-reactive ketones (excluding diaryl/α,β-unsaturated/α-hetero) is 1. The summed E-state index contributed by atoms with van der Waals surface area (Å²) >= 11 is 3.45. The van der Waals surface area contributed by atoms with Gasteiger partial charge in [-0.25, -0.2) is 0 Å². The van der Waals surface area contributed by atoms with E-state index in [0.717, 1.165) is 15.6 Å². The fourth-order valence-corrected chi connectivity index (χ4v) is 2.78. The Morgan fingerprint density at radius 2 is 2.35 bits per heavy atom. The van der Waals surface area contributed by atoms with E-state index in [4.69, 9.17) is 4.74 Å². The van der Waals surface area contributed by atoms with Gasteiger partial charge in [-0.2, -0.15) is 0 Å². The monoisotopic (exact) mass is 298 g/mol. The lowest BCUT2D eigenvalue weighted by atomic mass is 10.0. The zero-order chi connectivity index (χ0) is 12.4. The van der Waals surface area contributed by atoms with Crippen LogP contribution >= 0.6 is 15.9 Å². The van der Waals surface area contributed by atoms with E-state index in [1.807, 2.05) is 25.1 Å². The van der Waals surface area contributed by atoms with Crippen LogP contribution in [0, 0.1) is 5.92 Å². The molecule has 3 nitrogen and oxygen atoms in total. The number of aliphatic hydroxyl groups excluding tert-OH is 1. The smallest absolute Gasteiger partial charge is 0.166 e. The molecule has 17 heavy (non-hydrogen) atoms. The number of halogens is 1. The molecule has 0 spiro atoms. The first-order chi connectivity index (χ1) is 8.13. The maximum absolute atomic E-state index is 12.1. The SMILES string of the molecule is CCOC(O)CC1Cc2c(Br)cccc2C1=O. The summed E-state index contributed by atoms with van der Waals surface area (Å²) in [5.74, 6) is -0.0506. The first-order valence-corrected chi connectivity index (χ1v) is 6.54. The van der Waals surface area contributed by atoms with Gasteiger partial charge in [0.15, 0.2) is 12.1 Å². The molecule has 0 aromatic heterocycles. The van der Waals surface area contributed by atoms with Gasteiger partial charge in [0, 0.05) is 29.0 Å². The Balaban J connectivity index is 2.12. The zero-order valence-electron chi connectivity index (χ0n) is 9.65. The van der Waals surface area contributed by atoms with Crippen LogP contribution in [-0.4, -0.2) is 23.8 Å². The number of benzene rings is 1. The molecule has 0 aliphatic heterocycles. The quantitative estimate of drug-likeness (QED) is 0.869. The van der Waals surface area contributed by atoms with E-state index in [-0.39, 0.29) is 11.7 Å². The Morgan fingerprint density at radius 3 is 3.00 bits per heavy atom. The molecule has 92 valence electrons. The average Bonchev–Trinajstić information content (AvgIpc) is 2.59. The van der Waals surface area contributed by atoms with Gasteiger partial charge in [0.1, 0.15) is 0 Å². The predicted molar refractivity (Wildman–Crippen MR) is 67.9 cm³/mol. The molecule has 2 rings (SSSR count). The first kappa shape index (κ1) is 12.7. The fraction of sp³-hybridized carbons (Fsp3) is 0.462. The Bertz CT molecular complexity index is 431. The molecule has 1 aliphatic rings. The van der Waals surface area contributed by atoms with E-state index in [1.54, 1.807) is 0 Å². The average molecular weight is 299 g/mol. The third-order valence-corrected chi connectivity index (χ3v) is 3.79. The van der Waals surface area contributed by atoms with Crippen LogP contribution in [0.4, 0.5) is 0 Å². The van der Waals surface area contributed by atoms with Crippen molar-refractivity contribution in [3.8, 4) is 0 Å². The summed E-state index contributed by atoms with van der Waals surface area (Å²) in [6, 6.07) is 5.64. The Labute approximate surface area is 109 Å². The molecule has 2 atom stereocenters. The van der Waals surface area contributed by atoms with Gasteiger partial charge in [-0.1, -0.05) is 28.1 Å². The van der Waals surface area contributed by atoms with Crippen LogP contribution in [0.1, 0.15) is 29.3 Å². The molecule has 0 amide bonds. The highest BCUT2D eigenvalue weighted by molar-refractivity contribution is 9.10. The zero-order valence-corrected chi connectivity index (χ0v) is 11.2. The topological polar surface area (TPSA) is 46.5 Å². The normalized spacial score (nSPS) is 20.4. The minimum Gasteiger partial charge on any atom is -0.368 e. The lowest BCUT2D eigenvalue weighted by molar-refractivity contribution is -0.104. The van der Waals surface area contributed by atoms with Crippen LogP contribution < -0.4 is 0 Å². The van der Waals surface area contributed by atoms with Crippen molar-refractivity contribution in [3.63, 3.8) is 0 Å². The molecule has 4 heteroatoms. The third kappa shape index (κ3) is 2.59. The maximum atomic E-state index is 12.1. The van der Waals surface area contributed by atoms with Gasteiger partial charge in [0.2, 0.25) is 0 Å². The first-order valence-electron chi connectivity index (χ1n) is 5.74. The van der Waals surface area contributed by atoms with Crippen molar-refractivity contribution >= 4 is 21.7 Å². The van der Waals surface area contributed by atoms with Gasteiger partial charge in [-0.15, -0.1) is 0 Å². The van der Waals surface area contributed by atoms with Crippen LogP contribution in [0.2, 0.25) is 0 Å². The van der Waals surface area contributed by atoms with E-state index in [9.17, 15) is 9.90 Å². The molecular formula is C13H15BrO3. The largest absolute Gasteiger partial charge is 0.368 e. The number of aliphatic hydroxyl groups is 1. The second-order valence-corrected chi connectivity index (χ2v) is 5.03. The molecule has 1 N–H and O–H groups in total. The number of fused-ring (bicyclic) bond motifs is 1. The summed E-state index contributed by atoms with van der Waals surface area (Å²) in [4.78, 5) is 12.1. The summed E-state index contributed by atoms with van der Waals surface area (Å²) in [5, 5.41) is 9.59. The van der Waals surface area contributed by atoms with Crippen molar-refractivity contribution in [2.24, 2.45) is 5.92 Å². The van der Waals surface area contributed by atoms with Gasteiger partial charge < -0.3 is 9.84 Å². The van der Waals surface area contributed by atoms with Gasteiger partial charge in [0.25, 0.3) is 0 Å². The van der Waals surface area contributed by atoms with E-state index < -0.39 is 6.29 Å². The molecule has 0 heterocycles. The van der Waals surface area contributed by atoms with Crippen LogP contribution in [0.5, 0.6) is 0 Å². The molecular weight excluding hydrogens is 284 g/mol. The maximum Gasteiger partial charge on any atom is 0.166 e. The highest BCUT2D eigenvalue weighted by Gasteiger charge is 2.33. The highest BCUT2D eigenvalue weighted by atomic mass is 79.9. The highest BCUT2D eigenvalue weighted by Crippen LogP contribution is 2.34. The summed E-state index contributed by atoms with van der Waals surface area (Å²) in [5.41, 5.74) is 1.82. The molecule has 0 saturated carbocycles. The van der Waals surface area contributed by atoms with Gasteiger partial charge in [-0.3, -0.25) is 4.79 Å². The molecule has 0 fully saturated rings. The third-order valence-electron chi connectivity index (χ3n) is 3.05. The fourth-order valence-electron chi connectivity index (χ4n) is 2.25. The van der Waals surface area contributed by atoms with Crippen molar-refractivity contribution in [2.75, 3.05) is 6.61 Å². The summed E-state index contributed by atoms with van der Waals surface area (Å²) in [7, 11) is 0. The van der Waals surface area contributed by atoms with Crippen molar-refractivity contribution < 1.29 is 14.6 Å². The lowest BCUT2D eigenvalue weighted by Gasteiger charge is -2.14. The van der Waals surface area contributed by atoms with Crippen molar-refractivity contribution in [1.82, 2.24) is 0 Å².